The van der Waals surface area contributed by atoms with E-state index in [2.05, 4.69) is 24.4 Å². The lowest BCUT2D eigenvalue weighted by Gasteiger charge is -2.18. The van der Waals surface area contributed by atoms with Gasteiger partial charge >= 0.3 is 0 Å². The molecule has 8 nitrogen and oxygen atoms in total. The van der Waals surface area contributed by atoms with Gasteiger partial charge in [0.15, 0.2) is 11.4 Å². The van der Waals surface area contributed by atoms with E-state index < -0.39 is 10.5 Å². The molecule has 0 heterocycles. The molecule has 0 saturated carbocycles. The van der Waals surface area contributed by atoms with Crippen molar-refractivity contribution in [3.8, 4) is 0 Å². The molecule has 118 valence electrons. The molecule has 0 amide bonds. The van der Waals surface area contributed by atoms with Crippen LogP contribution in [0.4, 0.5) is 17.1 Å². The van der Waals surface area contributed by atoms with Crippen molar-refractivity contribution in [2.24, 2.45) is 5.10 Å². The molecular formula is C13H22N4O4. The summed E-state index contributed by atoms with van der Waals surface area (Å²) < 4.78 is 0. The molecular weight excluding hydrogens is 276 g/mol. The lowest BCUT2D eigenvalue weighted by molar-refractivity contribution is -0.996. The summed E-state index contributed by atoms with van der Waals surface area (Å²) in [6, 6.07) is 3.90. The van der Waals surface area contributed by atoms with Crippen molar-refractivity contribution in [2.75, 3.05) is 5.43 Å². The van der Waals surface area contributed by atoms with E-state index in [0.717, 1.165) is 37.5 Å². The number of rotatable bonds is 8. The van der Waals surface area contributed by atoms with Crippen molar-refractivity contribution in [2.45, 2.75) is 39.5 Å². The van der Waals surface area contributed by atoms with Crippen molar-refractivity contribution in [1.82, 2.24) is 0 Å². The van der Waals surface area contributed by atoms with Crippen LogP contribution in [0.1, 0.15) is 39.5 Å². The highest BCUT2D eigenvalue weighted by Gasteiger charge is 2.13. The highest BCUT2D eigenvalue weighted by atomic mass is 16.8. The molecule has 0 fully saturated rings. The maximum Gasteiger partial charge on any atom is 0.195 e. The summed E-state index contributed by atoms with van der Waals surface area (Å²) in [4.78, 5) is 0. The number of hydrogen-bond acceptors (Lipinski definition) is 6. The Balaban J connectivity index is 2.98. The van der Waals surface area contributed by atoms with Crippen LogP contribution in [0.15, 0.2) is 23.3 Å². The Hall–Kier alpha value is -1.55. The zero-order valence-corrected chi connectivity index (χ0v) is 12.2. The van der Waals surface area contributed by atoms with E-state index in [1.807, 2.05) is 0 Å². The fourth-order valence-corrected chi connectivity index (χ4v) is 1.90. The number of anilines is 1. The van der Waals surface area contributed by atoms with E-state index in [-0.39, 0.29) is 17.1 Å². The normalized spacial score (nSPS) is 13.6. The lowest BCUT2D eigenvalue weighted by atomic mass is 10.1. The smallest absolute Gasteiger partial charge is 0.195 e. The summed E-state index contributed by atoms with van der Waals surface area (Å²) in [5.41, 5.74) is 3.83. The second kappa shape index (κ2) is 8.67. The largest absolute Gasteiger partial charge is 0.595 e. The van der Waals surface area contributed by atoms with Gasteiger partial charge in [-0.1, -0.05) is 26.7 Å². The monoisotopic (exact) mass is 298 g/mol. The highest BCUT2D eigenvalue weighted by Crippen LogP contribution is 2.21. The zero-order chi connectivity index (χ0) is 15.8. The van der Waals surface area contributed by atoms with Crippen LogP contribution < -0.4 is 15.9 Å². The van der Waals surface area contributed by atoms with Crippen molar-refractivity contribution in [3.63, 3.8) is 0 Å². The second-order valence-electron chi connectivity index (χ2n) is 4.66. The van der Waals surface area contributed by atoms with Crippen LogP contribution in [-0.2, 0) is 0 Å². The number of hydrazone groups is 1. The molecule has 1 aromatic rings. The van der Waals surface area contributed by atoms with Gasteiger partial charge in [0.1, 0.15) is 5.69 Å². The molecule has 8 heteroatoms. The molecule has 1 aromatic carbocycles. The maximum absolute atomic E-state index is 11.2. The first-order chi connectivity index (χ1) is 9.99. The van der Waals surface area contributed by atoms with Crippen LogP contribution in [0.2, 0.25) is 0 Å². The Labute approximate surface area is 123 Å². The fourth-order valence-electron chi connectivity index (χ4n) is 1.90. The van der Waals surface area contributed by atoms with Gasteiger partial charge in [0.05, 0.1) is 6.07 Å². The summed E-state index contributed by atoms with van der Waals surface area (Å²) in [6.07, 6.45) is 3.61. The molecule has 0 bridgehead atoms. The van der Waals surface area contributed by atoms with Gasteiger partial charge in [0.25, 0.3) is 0 Å². The number of nitrogens with one attached hydrogen (secondary N) is 3. The molecule has 2 atom stereocenters. The van der Waals surface area contributed by atoms with Gasteiger partial charge in [-0.3, -0.25) is 5.43 Å². The molecule has 0 aliphatic rings. The third-order valence-corrected chi connectivity index (χ3v) is 2.91. The summed E-state index contributed by atoms with van der Waals surface area (Å²) >= 11 is 0. The Kier molecular flexibility index (Phi) is 7.23. The van der Waals surface area contributed by atoms with Gasteiger partial charge in [0.2, 0.25) is 0 Å². The van der Waals surface area contributed by atoms with Crippen molar-refractivity contribution < 1.29 is 20.9 Å². The molecule has 0 radical (unpaired) electrons. The number of nitrogens with zero attached hydrogens (tertiary/aromatic N) is 1. The third-order valence-electron chi connectivity index (χ3n) is 2.91. The van der Waals surface area contributed by atoms with E-state index in [0.29, 0.717) is 0 Å². The van der Waals surface area contributed by atoms with E-state index in [1.54, 1.807) is 0 Å². The van der Waals surface area contributed by atoms with Gasteiger partial charge in [-0.15, -0.1) is 0 Å². The first kappa shape index (κ1) is 17.5. The average molecular weight is 298 g/mol. The molecule has 0 spiro atoms. The molecule has 21 heavy (non-hydrogen) atoms. The first-order valence-corrected chi connectivity index (χ1v) is 6.91. The third kappa shape index (κ3) is 5.38. The summed E-state index contributed by atoms with van der Waals surface area (Å²) in [7, 11) is 0. The van der Waals surface area contributed by atoms with E-state index >= 15 is 0 Å². The summed E-state index contributed by atoms with van der Waals surface area (Å²) in [5, 5.41) is 42.0. The number of quaternary nitrogens is 2. The Morgan fingerprint density at radius 1 is 1.14 bits per heavy atom. The van der Waals surface area contributed by atoms with Gasteiger partial charge in [-0.2, -0.15) is 15.6 Å². The molecule has 1 rings (SSSR count). The van der Waals surface area contributed by atoms with Crippen LogP contribution >= 0.6 is 0 Å². The lowest BCUT2D eigenvalue weighted by Crippen LogP contribution is -3.00. The zero-order valence-electron chi connectivity index (χ0n) is 12.2. The average Bonchev–Trinajstić information content (AvgIpc) is 2.44. The number of benzene rings is 1. The summed E-state index contributed by atoms with van der Waals surface area (Å²) in [6.45, 7) is 4.10. The predicted molar refractivity (Wildman–Crippen MR) is 78.9 cm³/mol. The Bertz CT molecular complexity index is 469. The van der Waals surface area contributed by atoms with Gasteiger partial charge in [0, 0.05) is 11.8 Å². The molecule has 0 aliphatic heterocycles. The molecule has 0 saturated heterocycles. The topological polar surface area (TPSA) is 120 Å². The highest BCUT2D eigenvalue weighted by molar-refractivity contribution is 5.85. The molecule has 5 N–H and O–H groups in total. The quantitative estimate of drug-likeness (QED) is 0.360. The van der Waals surface area contributed by atoms with Gasteiger partial charge < -0.3 is 10.4 Å². The van der Waals surface area contributed by atoms with Crippen LogP contribution in [-0.4, -0.2) is 16.1 Å². The van der Waals surface area contributed by atoms with Gasteiger partial charge in [-0.25, -0.2) is 10.4 Å². The van der Waals surface area contributed by atoms with Crippen LogP contribution in [0.25, 0.3) is 0 Å². The van der Waals surface area contributed by atoms with Crippen LogP contribution in [0, 0.1) is 10.4 Å². The standard InChI is InChI=1S/C13H22N4O4/c1-3-5-10(6-4-2)14-15-12-8-7-11(16(18)19)9-13(12)17(20)21/h7-9,15-18,20H,3-6H2,1-2H3. The second-order valence-corrected chi connectivity index (χ2v) is 4.66. The fraction of sp³-hybridized carbons (Fsp3) is 0.462. The van der Waals surface area contributed by atoms with Crippen molar-refractivity contribution in [1.29, 1.82) is 0 Å². The minimum absolute atomic E-state index is 0.0655. The maximum atomic E-state index is 11.2. The van der Waals surface area contributed by atoms with E-state index in [4.69, 9.17) is 10.4 Å². The molecule has 0 aliphatic carbocycles. The van der Waals surface area contributed by atoms with Crippen LogP contribution in [0.3, 0.4) is 0 Å². The van der Waals surface area contributed by atoms with E-state index in [9.17, 15) is 10.4 Å². The summed E-state index contributed by atoms with van der Waals surface area (Å²) in [5.74, 6) is 0. The number of hydrogen-bond donors (Lipinski definition) is 5. The Morgan fingerprint density at radius 3 is 2.24 bits per heavy atom. The predicted octanol–water partition coefficient (Wildman–Crippen LogP) is 0.861. The SMILES string of the molecule is CCCC(CCC)=NNc1ccc([NH+]([O-])O)cc1[NH+]([O-])O. The molecule has 2 unspecified atom stereocenters. The Morgan fingerprint density at radius 2 is 1.76 bits per heavy atom. The minimum Gasteiger partial charge on any atom is -0.595 e. The first-order valence-electron chi connectivity index (χ1n) is 6.91. The van der Waals surface area contributed by atoms with Gasteiger partial charge in [-0.05, 0) is 18.9 Å². The molecule has 0 aromatic heterocycles. The van der Waals surface area contributed by atoms with E-state index in [1.165, 1.54) is 12.1 Å². The van der Waals surface area contributed by atoms with Crippen molar-refractivity contribution >= 4 is 22.8 Å². The van der Waals surface area contributed by atoms with Crippen molar-refractivity contribution in [3.05, 3.63) is 28.6 Å². The minimum atomic E-state index is -1.19. The van der Waals surface area contributed by atoms with Crippen LogP contribution in [0.5, 0.6) is 0 Å².